The third-order valence-corrected chi connectivity index (χ3v) is 2.40. The number of carbonyl (C=O) groups is 1. The van der Waals surface area contributed by atoms with Crippen LogP contribution in [0.5, 0.6) is 0 Å². The van der Waals surface area contributed by atoms with Crippen LogP contribution in [0, 0.1) is 18.7 Å². The van der Waals surface area contributed by atoms with E-state index in [4.69, 9.17) is 5.73 Å². The number of amides is 1. The van der Waals surface area contributed by atoms with E-state index in [1.165, 1.54) is 6.07 Å². The lowest BCUT2D eigenvalue weighted by atomic mass is 10.0. The molecule has 1 aromatic carbocycles. The molecule has 1 unspecified atom stereocenters. The lowest BCUT2D eigenvalue weighted by Crippen LogP contribution is -2.39. The zero-order valence-electron chi connectivity index (χ0n) is 10.2. The molecule has 0 heterocycles. The highest BCUT2D eigenvalue weighted by molar-refractivity contribution is 5.95. The molecule has 1 aromatic rings. The van der Waals surface area contributed by atoms with Gasteiger partial charge in [-0.1, -0.05) is 19.9 Å². The Morgan fingerprint density at radius 1 is 1.41 bits per heavy atom. The van der Waals surface area contributed by atoms with Crippen molar-refractivity contribution >= 4 is 24.0 Å². The van der Waals surface area contributed by atoms with Crippen LogP contribution < -0.4 is 11.1 Å². The zero-order chi connectivity index (χ0) is 12.3. The summed E-state index contributed by atoms with van der Waals surface area (Å²) in [4.78, 5) is 11.6. The minimum atomic E-state index is -0.625. The number of aryl methyl sites for hydroxylation is 1. The van der Waals surface area contributed by atoms with Gasteiger partial charge in [0, 0.05) is 0 Å². The van der Waals surface area contributed by atoms with Crippen LogP contribution in [0.1, 0.15) is 19.4 Å². The van der Waals surface area contributed by atoms with E-state index in [-0.39, 0.29) is 29.9 Å². The third-order valence-electron chi connectivity index (χ3n) is 2.40. The second-order valence-corrected chi connectivity index (χ2v) is 4.24. The van der Waals surface area contributed by atoms with Crippen LogP contribution in [0.2, 0.25) is 0 Å². The molecule has 0 aliphatic carbocycles. The smallest absolute Gasteiger partial charge is 0.241 e. The molecule has 0 bridgehead atoms. The summed E-state index contributed by atoms with van der Waals surface area (Å²) in [7, 11) is 0. The molecule has 1 amide bonds. The summed E-state index contributed by atoms with van der Waals surface area (Å²) in [5.74, 6) is -0.790. The zero-order valence-corrected chi connectivity index (χ0v) is 11.0. The second kappa shape index (κ2) is 6.57. The van der Waals surface area contributed by atoms with E-state index in [1.807, 2.05) is 20.8 Å². The SMILES string of the molecule is Cc1ccc(F)c(NC(=O)C(N)C(C)C)c1.Cl. The molecule has 0 fully saturated rings. The van der Waals surface area contributed by atoms with Gasteiger partial charge in [0.15, 0.2) is 0 Å². The number of hydrogen-bond donors (Lipinski definition) is 2. The van der Waals surface area contributed by atoms with Crippen molar-refractivity contribution in [3.8, 4) is 0 Å². The number of halogens is 2. The first-order valence-electron chi connectivity index (χ1n) is 5.24. The molecule has 0 saturated carbocycles. The van der Waals surface area contributed by atoms with E-state index in [0.29, 0.717) is 0 Å². The molecule has 0 aromatic heterocycles. The highest BCUT2D eigenvalue weighted by atomic mass is 35.5. The largest absolute Gasteiger partial charge is 0.322 e. The van der Waals surface area contributed by atoms with Crippen molar-refractivity contribution in [2.75, 3.05) is 5.32 Å². The van der Waals surface area contributed by atoms with Crippen LogP contribution in [-0.2, 0) is 4.79 Å². The van der Waals surface area contributed by atoms with E-state index in [2.05, 4.69) is 5.32 Å². The first kappa shape index (κ1) is 15.9. The molecule has 3 N–H and O–H groups in total. The first-order valence-corrected chi connectivity index (χ1v) is 5.24. The van der Waals surface area contributed by atoms with Gasteiger partial charge in [0.05, 0.1) is 11.7 Å². The third kappa shape index (κ3) is 4.32. The second-order valence-electron chi connectivity index (χ2n) is 4.24. The Balaban J connectivity index is 0.00000256. The minimum absolute atomic E-state index is 0. The lowest BCUT2D eigenvalue weighted by molar-refractivity contribution is -0.118. The monoisotopic (exact) mass is 260 g/mol. The summed E-state index contributed by atoms with van der Waals surface area (Å²) in [6.07, 6.45) is 0. The van der Waals surface area contributed by atoms with Gasteiger partial charge in [0.2, 0.25) is 5.91 Å². The maximum Gasteiger partial charge on any atom is 0.241 e. The Kier molecular flexibility index (Phi) is 6.13. The molecule has 0 aliphatic rings. The molecule has 1 atom stereocenters. The van der Waals surface area contributed by atoms with Crippen molar-refractivity contribution in [3.05, 3.63) is 29.6 Å². The fraction of sp³-hybridized carbons (Fsp3) is 0.417. The van der Waals surface area contributed by atoms with Gasteiger partial charge >= 0.3 is 0 Å². The number of anilines is 1. The normalized spacial score (nSPS) is 11.9. The van der Waals surface area contributed by atoms with Crippen LogP contribution in [0.4, 0.5) is 10.1 Å². The number of nitrogens with two attached hydrogens (primary N) is 1. The highest BCUT2D eigenvalue weighted by Gasteiger charge is 2.18. The van der Waals surface area contributed by atoms with E-state index < -0.39 is 11.9 Å². The topological polar surface area (TPSA) is 55.1 Å². The van der Waals surface area contributed by atoms with E-state index in [9.17, 15) is 9.18 Å². The number of rotatable bonds is 3. The van der Waals surface area contributed by atoms with Gasteiger partial charge in [-0.15, -0.1) is 12.4 Å². The Morgan fingerprint density at radius 2 is 2.00 bits per heavy atom. The van der Waals surface area contributed by atoms with Crippen molar-refractivity contribution in [1.29, 1.82) is 0 Å². The van der Waals surface area contributed by atoms with E-state index in [0.717, 1.165) is 5.56 Å². The van der Waals surface area contributed by atoms with Gasteiger partial charge in [-0.05, 0) is 30.5 Å². The van der Waals surface area contributed by atoms with Gasteiger partial charge in [-0.2, -0.15) is 0 Å². The first-order chi connectivity index (χ1) is 7.41. The quantitative estimate of drug-likeness (QED) is 0.877. The fourth-order valence-electron chi connectivity index (χ4n) is 1.25. The lowest BCUT2D eigenvalue weighted by Gasteiger charge is -2.15. The minimum Gasteiger partial charge on any atom is -0.322 e. The van der Waals surface area contributed by atoms with Crippen LogP contribution >= 0.6 is 12.4 Å². The van der Waals surface area contributed by atoms with Crippen molar-refractivity contribution in [3.63, 3.8) is 0 Å². The van der Waals surface area contributed by atoms with Crippen LogP contribution in [0.3, 0.4) is 0 Å². The van der Waals surface area contributed by atoms with Gasteiger partial charge in [0.1, 0.15) is 5.82 Å². The number of nitrogens with one attached hydrogen (secondary N) is 1. The molecule has 0 radical (unpaired) electrons. The summed E-state index contributed by atoms with van der Waals surface area (Å²) < 4.78 is 13.3. The molecule has 17 heavy (non-hydrogen) atoms. The number of benzene rings is 1. The molecule has 1 rings (SSSR count). The maximum atomic E-state index is 13.3. The Hall–Kier alpha value is -1.13. The van der Waals surface area contributed by atoms with Crippen molar-refractivity contribution < 1.29 is 9.18 Å². The predicted molar refractivity (Wildman–Crippen MR) is 69.8 cm³/mol. The number of carbonyl (C=O) groups excluding carboxylic acids is 1. The molecule has 96 valence electrons. The summed E-state index contributed by atoms with van der Waals surface area (Å²) in [5.41, 5.74) is 6.73. The van der Waals surface area contributed by atoms with Crippen LogP contribution in [0.15, 0.2) is 18.2 Å². The van der Waals surface area contributed by atoms with Gasteiger partial charge < -0.3 is 11.1 Å². The molecule has 0 saturated heterocycles. The summed E-state index contributed by atoms with van der Waals surface area (Å²) >= 11 is 0. The van der Waals surface area contributed by atoms with Crippen LogP contribution in [0.25, 0.3) is 0 Å². The standard InChI is InChI=1S/C12H17FN2O.ClH/c1-7(2)11(14)12(16)15-10-6-8(3)4-5-9(10)13;/h4-7,11H,14H2,1-3H3,(H,15,16);1H. The Morgan fingerprint density at radius 3 is 2.53 bits per heavy atom. The summed E-state index contributed by atoms with van der Waals surface area (Å²) in [6, 6.07) is 3.93. The molecule has 0 spiro atoms. The average molecular weight is 261 g/mol. The number of hydrogen-bond acceptors (Lipinski definition) is 2. The molecular formula is C12H18ClFN2O. The van der Waals surface area contributed by atoms with E-state index >= 15 is 0 Å². The molecule has 3 nitrogen and oxygen atoms in total. The van der Waals surface area contributed by atoms with Crippen LogP contribution in [-0.4, -0.2) is 11.9 Å². The highest BCUT2D eigenvalue weighted by Crippen LogP contribution is 2.16. The summed E-state index contributed by atoms with van der Waals surface area (Å²) in [6.45, 7) is 5.52. The van der Waals surface area contributed by atoms with E-state index in [1.54, 1.807) is 12.1 Å². The fourth-order valence-corrected chi connectivity index (χ4v) is 1.25. The van der Waals surface area contributed by atoms with Gasteiger partial charge in [-0.25, -0.2) is 4.39 Å². The summed E-state index contributed by atoms with van der Waals surface area (Å²) in [5, 5.41) is 2.49. The molecule has 0 aliphatic heterocycles. The Labute approximate surface area is 107 Å². The van der Waals surface area contributed by atoms with Gasteiger partial charge in [0.25, 0.3) is 0 Å². The predicted octanol–water partition coefficient (Wildman–Crippen LogP) is 2.48. The van der Waals surface area contributed by atoms with Crippen molar-refractivity contribution in [1.82, 2.24) is 0 Å². The van der Waals surface area contributed by atoms with Gasteiger partial charge in [-0.3, -0.25) is 4.79 Å². The Bertz CT molecular complexity index is 396. The van der Waals surface area contributed by atoms with Crippen molar-refractivity contribution in [2.45, 2.75) is 26.8 Å². The maximum absolute atomic E-state index is 13.3. The molecule has 5 heteroatoms. The molecular weight excluding hydrogens is 243 g/mol. The van der Waals surface area contributed by atoms with Crippen molar-refractivity contribution in [2.24, 2.45) is 11.7 Å². The average Bonchev–Trinajstić information content (AvgIpc) is 2.22.